The number of hydrogen-bond donors (Lipinski definition) is 0. The predicted octanol–water partition coefficient (Wildman–Crippen LogP) is 5.99. The number of aryl methyl sites for hydroxylation is 1. The van der Waals surface area contributed by atoms with E-state index in [0.29, 0.717) is 5.92 Å². The van der Waals surface area contributed by atoms with Gasteiger partial charge in [0, 0.05) is 23.0 Å². The minimum atomic E-state index is 0.540. The minimum Gasteiger partial charge on any atom is -0.315 e. The molecule has 1 aromatic rings. The molecule has 0 fully saturated rings. The van der Waals surface area contributed by atoms with Gasteiger partial charge < -0.3 is 4.90 Å². The first-order valence-corrected chi connectivity index (χ1v) is 8.80. The average molecular weight is 313 g/mol. The van der Waals surface area contributed by atoms with Crippen LogP contribution in [0.4, 0.5) is 5.69 Å². The average Bonchev–Trinajstić information content (AvgIpc) is 2.63. The summed E-state index contributed by atoms with van der Waals surface area (Å²) in [5.41, 5.74) is 6.65. The van der Waals surface area contributed by atoms with Gasteiger partial charge in [0.05, 0.1) is 0 Å². The van der Waals surface area contributed by atoms with Crippen LogP contribution in [0, 0.1) is 12.8 Å². The Bertz CT molecular complexity index is 814. The van der Waals surface area contributed by atoms with Crippen LogP contribution in [0.25, 0.3) is 0 Å². The fourth-order valence-electron chi connectivity index (χ4n) is 3.63. The largest absolute Gasteiger partial charge is 0.315 e. The van der Waals surface area contributed by atoms with E-state index >= 15 is 0 Å². The Morgan fingerprint density at radius 2 is 2.08 bits per heavy atom. The quantitative estimate of drug-likeness (QED) is 0.662. The molecular formula is C23H23N. The van der Waals surface area contributed by atoms with E-state index in [1.54, 1.807) is 0 Å². The highest BCUT2D eigenvalue weighted by Crippen LogP contribution is 2.35. The lowest BCUT2D eigenvalue weighted by molar-refractivity contribution is 0.763. The number of rotatable bonds is 3. The molecule has 0 bridgehead atoms. The summed E-state index contributed by atoms with van der Waals surface area (Å²) in [7, 11) is 0. The Morgan fingerprint density at radius 1 is 1.12 bits per heavy atom. The van der Waals surface area contributed by atoms with Gasteiger partial charge >= 0.3 is 0 Å². The normalized spacial score (nSPS) is 21.7. The fraction of sp³-hybridized carbons (Fsp3) is 0.217. The summed E-state index contributed by atoms with van der Waals surface area (Å²) in [6.45, 7) is 2.16. The molecule has 0 saturated heterocycles. The van der Waals surface area contributed by atoms with Gasteiger partial charge in [-0.2, -0.15) is 0 Å². The van der Waals surface area contributed by atoms with Gasteiger partial charge in [-0.25, -0.2) is 0 Å². The molecule has 3 aliphatic carbocycles. The van der Waals surface area contributed by atoms with Crippen molar-refractivity contribution in [2.24, 2.45) is 5.92 Å². The molecule has 1 unspecified atom stereocenters. The van der Waals surface area contributed by atoms with Crippen molar-refractivity contribution in [3.63, 3.8) is 0 Å². The van der Waals surface area contributed by atoms with E-state index in [4.69, 9.17) is 0 Å². The number of hydrogen-bond acceptors (Lipinski definition) is 1. The zero-order valence-corrected chi connectivity index (χ0v) is 14.2. The Labute approximate surface area is 144 Å². The number of benzene rings is 1. The van der Waals surface area contributed by atoms with Crippen molar-refractivity contribution in [1.29, 1.82) is 0 Å². The molecule has 4 rings (SSSR count). The van der Waals surface area contributed by atoms with E-state index in [2.05, 4.69) is 90.8 Å². The SMILES string of the molecule is Cc1cccc(N(C2=CCC3C=CC=CC3=C2)C2=CC=CCC2)c1. The van der Waals surface area contributed by atoms with E-state index in [-0.39, 0.29) is 0 Å². The molecule has 1 aromatic carbocycles. The highest BCUT2D eigenvalue weighted by Gasteiger charge is 2.22. The topological polar surface area (TPSA) is 3.24 Å². The summed E-state index contributed by atoms with van der Waals surface area (Å²) in [5, 5.41) is 0. The standard InChI is InChI=1S/C23H23N/c1-18-8-7-13-22(16-18)24(21-11-3-2-4-12-21)23-15-14-19-9-5-6-10-20(19)17-23/h2-3,5-11,13,15-17,19H,4,12,14H2,1H3. The third-order valence-electron chi connectivity index (χ3n) is 4.86. The third-order valence-corrected chi connectivity index (χ3v) is 4.86. The smallest absolute Gasteiger partial charge is 0.0460 e. The van der Waals surface area contributed by atoms with Crippen molar-refractivity contribution < 1.29 is 0 Å². The number of anilines is 1. The molecule has 1 nitrogen and oxygen atoms in total. The van der Waals surface area contributed by atoms with Crippen LogP contribution < -0.4 is 4.90 Å². The van der Waals surface area contributed by atoms with Crippen molar-refractivity contribution in [3.05, 3.63) is 101 Å². The van der Waals surface area contributed by atoms with Crippen molar-refractivity contribution in [2.75, 3.05) is 4.90 Å². The van der Waals surface area contributed by atoms with Crippen molar-refractivity contribution in [2.45, 2.75) is 26.2 Å². The molecule has 24 heavy (non-hydrogen) atoms. The maximum Gasteiger partial charge on any atom is 0.0460 e. The van der Waals surface area contributed by atoms with E-state index in [0.717, 1.165) is 19.3 Å². The second-order valence-electron chi connectivity index (χ2n) is 6.66. The number of fused-ring (bicyclic) bond motifs is 1. The Balaban J connectivity index is 1.76. The third kappa shape index (κ3) is 2.94. The number of nitrogens with zero attached hydrogens (tertiary/aromatic N) is 1. The summed E-state index contributed by atoms with van der Waals surface area (Å²) in [6.07, 6.45) is 23.6. The Kier molecular flexibility index (Phi) is 4.08. The van der Waals surface area contributed by atoms with Crippen LogP contribution in [-0.4, -0.2) is 0 Å². The molecule has 0 radical (unpaired) electrons. The molecule has 0 heterocycles. The zero-order chi connectivity index (χ0) is 16.4. The van der Waals surface area contributed by atoms with Gasteiger partial charge in [-0.15, -0.1) is 0 Å². The van der Waals surface area contributed by atoms with Gasteiger partial charge in [-0.1, -0.05) is 54.7 Å². The van der Waals surface area contributed by atoms with Gasteiger partial charge in [0.15, 0.2) is 0 Å². The lowest BCUT2D eigenvalue weighted by atomic mass is 9.86. The molecule has 0 spiro atoms. The molecule has 0 saturated carbocycles. The molecule has 0 amide bonds. The van der Waals surface area contributed by atoms with Crippen LogP contribution in [0.5, 0.6) is 0 Å². The van der Waals surface area contributed by atoms with Crippen LogP contribution >= 0.6 is 0 Å². The highest BCUT2D eigenvalue weighted by atomic mass is 15.2. The van der Waals surface area contributed by atoms with Crippen LogP contribution in [0.2, 0.25) is 0 Å². The second kappa shape index (κ2) is 6.52. The monoisotopic (exact) mass is 313 g/mol. The summed E-state index contributed by atoms with van der Waals surface area (Å²) in [5.74, 6) is 0.540. The predicted molar refractivity (Wildman–Crippen MR) is 103 cm³/mol. The maximum atomic E-state index is 2.44. The van der Waals surface area contributed by atoms with Crippen LogP contribution in [-0.2, 0) is 0 Å². The molecule has 1 atom stereocenters. The van der Waals surface area contributed by atoms with E-state index in [9.17, 15) is 0 Å². The molecule has 3 aliphatic rings. The van der Waals surface area contributed by atoms with Crippen molar-refractivity contribution in [1.82, 2.24) is 0 Å². The van der Waals surface area contributed by atoms with Gasteiger partial charge in [0.1, 0.15) is 0 Å². The van der Waals surface area contributed by atoms with Crippen LogP contribution in [0.1, 0.15) is 24.8 Å². The first kappa shape index (κ1) is 15.0. The Morgan fingerprint density at radius 3 is 2.92 bits per heavy atom. The summed E-state index contributed by atoms with van der Waals surface area (Å²) in [6, 6.07) is 8.81. The van der Waals surface area contributed by atoms with Gasteiger partial charge in [0.25, 0.3) is 0 Å². The van der Waals surface area contributed by atoms with Crippen molar-refractivity contribution >= 4 is 5.69 Å². The summed E-state index contributed by atoms with van der Waals surface area (Å²) in [4.78, 5) is 2.44. The molecular weight excluding hydrogens is 290 g/mol. The van der Waals surface area contributed by atoms with E-state index in [1.807, 2.05) is 0 Å². The summed E-state index contributed by atoms with van der Waals surface area (Å²) >= 11 is 0. The first-order chi connectivity index (χ1) is 11.8. The lowest BCUT2D eigenvalue weighted by Crippen LogP contribution is -2.24. The van der Waals surface area contributed by atoms with Crippen LogP contribution in [0.15, 0.2) is 95.9 Å². The fourth-order valence-corrected chi connectivity index (χ4v) is 3.63. The van der Waals surface area contributed by atoms with Crippen LogP contribution in [0.3, 0.4) is 0 Å². The molecule has 120 valence electrons. The van der Waals surface area contributed by atoms with Gasteiger partial charge in [-0.3, -0.25) is 0 Å². The first-order valence-electron chi connectivity index (χ1n) is 8.80. The Hall–Kier alpha value is -2.54. The second-order valence-corrected chi connectivity index (χ2v) is 6.66. The van der Waals surface area contributed by atoms with Gasteiger partial charge in [-0.05, 0) is 61.6 Å². The molecule has 0 aliphatic heterocycles. The number of allylic oxidation sites excluding steroid dienone is 11. The summed E-state index contributed by atoms with van der Waals surface area (Å²) < 4.78 is 0. The minimum absolute atomic E-state index is 0.540. The van der Waals surface area contributed by atoms with Crippen molar-refractivity contribution in [3.8, 4) is 0 Å². The zero-order valence-electron chi connectivity index (χ0n) is 14.2. The molecule has 1 heteroatoms. The highest BCUT2D eigenvalue weighted by molar-refractivity contribution is 5.63. The van der Waals surface area contributed by atoms with E-state index in [1.165, 1.54) is 28.2 Å². The molecule has 0 aromatic heterocycles. The molecule has 0 N–H and O–H groups in total. The van der Waals surface area contributed by atoms with E-state index < -0.39 is 0 Å². The van der Waals surface area contributed by atoms with Gasteiger partial charge in [0.2, 0.25) is 0 Å². The lowest BCUT2D eigenvalue weighted by Gasteiger charge is -2.33. The maximum absolute atomic E-state index is 2.44.